The van der Waals surface area contributed by atoms with Crippen molar-refractivity contribution in [2.75, 3.05) is 38.0 Å². The Morgan fingerprint density at radius 1 is 1.25 bits per heavy atom. The lowest BCUT2D eigenvalue weighted by atomic mass is 10.0. The highest BCUT2D eigenvalue weighted by Crippen LogP contribution is 2.33. The van der Waals surface area contributed by atoms with Crippen LogP contribution in [0.25, 0.3) is 22.4 Å². The molecule has 0 saturated carbocycles. The van der Waals surface area contributed by atoms with Gasteiger partial charge in [0.25, 0.3) is 0 Å². The van der Waals surface area contributed by atoms with Gasteiger partial charge in [-0.15, -0.1) is 0 Å². The van der Waals surface area contributed by atoms with E-state index in [9.17, 15) is 4.21 Å². The first-order valence-corrected chi connectivity index (χ1v) is 12.7. The zero-order valence-electron chi connectivity index (χ0n) is 19.6. The number of aromatic nitrogens is 3. The Morgan fingerprint density at radius 2 is 2.06 bits per heavy atom. The van der Waals surface area contributed by atoms with E-state index in [1.54, 1.807) is 6.26 Å². The molecule has 172 valence electrons. The van der Waals surface area contributed by atoms with Crippen molar-refractivity contribution >= 4 is 27.7 Å². The molecule has 2 N–H and O–H groups in total. The third kappa shape index (κ3) is 4.44. The lowest BCUT2D eigenvalue weighted by molar-refractivity contribution is 0.0926. The molecule has 4 rings (SSSR count). The van der Waals surface area contributed by atoms with E-state index in [0.717, 1.165) is 59.0 Å². The van der Waals surface area contributed by atoms with E-state index in [-0.39, 0.29) is 6.04 Å². The maximum absolute atomic E-state index is 12.6. The largest absolute Gasteiger partial charge is 0.377 e. The van der Waals surface area contributed by atoms with Gasteiger partial charge in [-0.3, -0.25) is 4.21 Å². The third-order valence-electron chi connectivity index (χ3n) is 6.38. The van der Waals surface area contributed by atoms with Gasteiger partial charge < -0.3 is 19.9 Å². The molecule has 1 unspecified atom stereocenters. The van der Waals surface area contributed by atoms with Crippen LogP contribution in [0.1, 0.15) is 38.4 Å². The summed E-state index contributed by atoms with van der Waals surface area (Å²) < 4.78 is 17.8. The molecule has 4 heterocycles. The molecule has 0 bridgehead atoms. The number of anilines is 1. The minimum atomic E-state index is -1.04. The lowest BCUT2D eigenvalue weighted by Crippen LogP contribution is -2.45. The molecule has 1 aliphatic rings. The van der Waals surface area contributed by atoms with Gasteiger partial charge in [-0.2, -0.15) is 0 Å². The van der Waals surface area contributed by atoms with Crippen LogP contribution in [-0.4, -0.2) is 58.3 Å². The normalized spacial score (nSPS) is 18.3. The second-order valence-electron chi connectivity index (χ2n) is 8.85. The second kappa shape index (κ2) is 9.29. The molecule has 7 nitrogen and oxygen atoms in total. The Morgan fingerprint density at radius 3 is 2.78 bits per heavy atom. The van der Waals surface area contributed by atoms with Crippen molar-refractivity contribution in [3.05, 3.63) is 41.6 Å². The fourth-order valence-electron chi connectivity index (χ4n) is 4.10. The fraction of sp³-hybridized carbons (Fsp3) is 0.500. The molecule has 0 aliphatic carbocycles. The van der Waals surface area contributed by atoms with Gasteiger partial charge in [-0.1, -0.05) is 6.92 Å². The van der Waals surface area contributed by atoms with E-state index in [1.807, 2.05) is 33.0 Å². The maximum Gasteiger partial charge on any atom is 0.130 e. The van der Waals surface area contributed by atoms with Gasteiger partial charge in [-0.25, -0.2) is 9.97 Å². The third-order valence-corrected chi connectivity index (χ3v) is 8.05. The zero-order chi connectivity index (χ0) is 22.9. The van der Waals surface area contributed by atoms with Gasteiger partial charge >= 0.3 is 0 Å². The van der Waals surface area contributed by atoms with Crippen LogP contribution >= 0.6 is 0 Å². The van der Waals surface area contributed by atoms with Crippen LogP contribution in [0.5, 0.6) is 0 Å². The first-order chi connectivity index (χ1) is 15.3. The monoisotopic (exact) mass is 455 g/mol. The Bertz CT molecular complexity index is 1130. The molecule has 2 atom stereocenters. The van der Waals surface area contributed by atoms with Crippen molar-refractivity contribution < 1.29 is 8.95 Å². The summed E-state index contributed by atoms with van der Waals surface area (Å²) in [6.45, 7) is 9.15. The Hall–Kier alpha value is -2.29. The van der Waals surface area contributed by atoms with E-state index in [0.29, 0.717) is 13.2 Å². The van der Waals surface area contributed by atoms with Gasteiger partial charge in [0.2, 0.25) is 0 Å². The number of fused-ring (bicyclic) bond motifs is 1. The number of rotatable bonds is 7. The molecule has 0 amide bonds. The quantitative estimate of drug-likeness (QED) is 0.567. The van der Waals surface area contributed by atoms with E-state index in [1.165, 1.54) is 0 Å². The van der Waals surface area contributed by atoms with E-state index < -0.39 is 15.5 Å². The molecule has 1 aliphatic heterocycles. The Kier molecular flexibility index (Phi) is 6.65. The number of H-pyrrole nitrogens is 1. The number of aromatic amines is 1. The van der Waals surface area contributed by atoms with Crippen LogP contribution in [0.15, 0.2) is 30.3 Å². The minimum Gasteiger partial charge on any atom is -0.377 e. The van der Waals surface area contributed by atoms with Crippen LogP contribution in [0.2, 0.25) is 0 Å². The van der Waals surface area contributed by atoms with Gasteiger partial charge in [0, 0.05) is 35.8 Å². The number of nitrogens with one attached hydrogen (secondary N) is 2. The van der Waals surface area contributed by atoms with Crippen LogP contribution in [0.3, 0.4) is 0 Å². The molecule has 1 fully saturated rings. The number of hydrogen-bond acceptors (Lipinski definition) is 6. The summed E-state index contributed by atoms with van der Waals surface area (Å²) in [5.41, 5.74) is 5.63. The molecule has 3 aromatic rings. The van der Waals surface area contributed by atoms with Crippen molar-refractivity contribution in [2.45, 2.75) is 44.5 Å². The van der Waals surface area contributed by atoms with Crippen LogP contribution in [0, 0.1) is 0 Å². The van der Waals surface area contributed by atoms with Crippen LogP contribution in [0.4, 0.5) is 5.82 Å². The van der Waals surface area contributed by atoms with Crippen molar-refractivity contribution in [1.82, 2.24) is 20.3 Å². The van der Waals surface area contributed by atoms with Gasteiger partial charge in [0.05, 0.1) is 46.4 Å². The SMILES string of the molecule is CC[C@H]1COCCN1c1cc(C(C)(C)S(C)=O)cc(-c2ccc3[nH]c(CNC)cc3n2)n1. The second-order valence-corrected chi connectivity index (χ2v) is 10.8. The highest BCUT2D eigenvalue weighted by atomic mass is 32.2. The number of morpholine rings is 1. The first-order valence-electron chi connectivity index (χ1n) is 11.2. The fourth-order valence-corrected chi connectivity index (χ4v) is 4.55. The van der Waals surface area contributed by atoms with Crippen molar-refractivity contribution in [3.63, 3.8) is 0 Å². The van der Waals surface area contributed by atoms with Gasteiger partial charge in [0.1, 0.15) is 5.82 Å². The first kappa shape index (κ1) is 22.9. The summed E-state index contributed by atoms with van der Waals surface area (Å²) in [5, 5.41) is 3.16. The highest BCUT2D eigenvalue weighted by Gasteiger charge is 2.29. The molecule has 1 saturated heterocycles. The summed E-state index contributed by atoms with van der Waals surface area (Å²) in [6.07, 6.45) is 2.74. The molecular formula is C24H33N5O2S. The lowest BCUT2D eigenvalue weighted by Gasteiger charge is -2.37. The summed E-state index contributed by atoms with van der Waals surface area (Å²) in [6, 6.07) is 10.5. The molecule has 8 heteroatoms. The average Bonchev–Trinajstić information content (AvgIpc) is 3.20. The summed E-state index contributed by atoms with van der Waals surface area (Å²) >= 11 is 0. The minimum absolute atomic E-state index is 0.277. The van der Waals surface area contributed by atoms with Gasteiger partial charge in [-0.05, 0) is 63.2 Å². The number of pyridine rings is 2. The zero-order valence-corrected chi connectivity index (χ0v) is 20.4. The molecule has 0 radical (unpaired) electrons. The maximum atomic E-state index is 12.6. The van der Waals surface area contributed by atoms with E-state index >= 15 is 0 Å². The number of ether oxygens (including phenoxy) is 1. The van der Waals surface area contributed by atoms with E-state index in [4.69, 9.17) is 14.7 Å². The highest BCUT2D eigenvalue weighted by molar-refractivity contribution is 7.85. The Labute approximate surface area is 192 Å². The smallest absolute Gasteiger partial charge is 0.130 e. The summed E-state index contributed by atoms with van der Waals surface area (Å²) in [5.74, 6) is 0.901. The predicted molar refractivity (Wildman–Crippen MR) is 131 cm³/mol. The topological polar surface area (TPSA) is 83.1 Å². The number of hydrogen-bond donors (Lipinski definition) is 2. The molecule has 0 spiro atoms. The van der Waals surface area contributed by atoms with Crippen molar-refractivity contribution in [1.29, 1.82) is 0 Å². The predicted octanol–water partition coefficient (Wildman–Crippen LogP) is 3.57. The molecule has 3 aromatic heterocycles. The van der Waals surface area contributed by atoms with Crippen LogP contribution < -0.4 is 10.2 Å². The molecular weight excluding hydrogens is 422 g/mol. The Balaban J connectivity index is 1.83. The van der Waals surface area contributed by atoms with Gasteiger partial charge in [0.15, 0.2) is 0 Å². The average molecular weight is 456 g/mol. The van der Waals surface area contributed by atoms with Crippen LogP contribution in [-0.2, 0) is 26.8 Å². The standard InChI is InChI=1S/C24H33N5O2S/c1-6-18-15-31-10-9-29(18)23-12-16(24(2,3)32(5)30)11-21(28-23)20-8-7-19-22(27-20)13-17(26-19)14-25-4/h7-8,11-13,18,25-26H,6,9-10,14-15H2,1-5H3/t18-,32?/m0/s1. The molecule has 0 aromatic carbocycles. The summed E-state index contributed by atoms with van der Waals surface area (Å²) in [7, 11) is 0.887. The van der Waals surface area contributed by atoms with Crippen molar-refractivity contribution in [3.8, 4) is 11.4 Å². The van der Waals surface area contributed by atoms with Crippen molar-refractivity contribution in [2.24, 2.45) is 0 Å². The van der Waals surface area contributed by atoms with E-state index in [2.05, 4.69) is 40.3 Å². The number of nitrogens with zero attached hydrogens (tertiary/aromatic N) is 3. The molecule has 32 heavy (non-hydrogen) atoms. The summed E-state index contributed by atoms with van der Waals surface area (Å²) in [4.78, 5) is 15.7.